The fourth-order valence-electron chi connectivity index (χ4n) is 2.64. The van der Waals surface area contributed by atoms with E-state index in [1.807, 2.05) is 6.08 Å². The van der Waals surface area contributed by atoms with Gasteiger partial charge in [0.05, 0.1) is 0 Å². The lowest BCUT2D eigenvalue weighted by Crippen LogP contribution is -2.30. The molecule has 3 nitrogen and oxygen atoms in total. The van der Waals surface area contributed by atoms with E-state index >= 15 is 0 Å². The van der Waals surface area contributed by atoms with Crippen LogP contribution in [0.2, 0.25) is 0 Å². The van der Waals surface area contributed by atoms with Gasteiger partial charge in [-0.2, -0.15) is 0 Å². The second kappa shape index (κ2) is 11.7. The Morgan fingerprint density at radius 1 is 0.950 bits per heavy atom. The predicted molar refractivity (Wildman–Crippen MR) is 85.5 cm³/mol. The van der Waals surface area contributed by atoms with Crippen molar-refractivity contribution in [1.29, 1.82) is 0 Å². The number of carbonyl (C=O) groups is 1. The summed E-state index contributed by atoms with van der Waals surface area (Å²) in [4.78, 5) is 13.1. The van der Waals surface area contributed by atoms with Crippen LogP contribution in [-0.4, -0.2) is 30.4 Å². The van der Waals surface area contributed by atoms with Crippen molar-refractivity contribution < 1.29 is 4.79 Å². The van der Waals surface area contributed by atoms with Crippen molar-refractivity contribution in [3.63, 3.8) is 0 Å². The van der Waals surface area contributed by atoms with Crippen molar-refractivity contribution in [3.8, 4) is 0 Å². The van der Waals surface area contributed by atoms with Gasteiger partial charge in [0.25, 0.3) is 0 Å². The number of carbonyl (C=O) groups excluding carboxylic acids is 1. The van der Waals surface area contributed by atoms with Gasteiger partial charge in [-0.25, -0.2) is 0 Å². The number of allylic oxidation sites excluding steroid dienone is 3. The van der Waals surface area contributed by atoms with E-state index in [2.05, 4.69) is 11.0 Å². The molecule has 0 aromatic rings. The molecular weight excluding hydrogens is 248 g/mol. The third-order valence-corrected chi connectivity index (χ3v) is 3.80. The van der Waals surface area contributed by atoms with Crippen LogP contribution < -0.4 is 5.73 Å². The summed E-state index contributed by atoms with van der Waals surface area (Å²) in [5.41, 5.74) is 4.99. The smallest absolute Gasteiger partial charge is 0.241 e. The zero-order valence-electron chi connectivity index (χ0n) is 12.7. The number of nitrogens with two attached hydrogens (primary N) is 1. The third kappa shape index (κ3) is 9.79. The van der Waals surface area contributed by atoms with Crippen molar-refractivity contribution in [2.45, 2.75) is 57.8 Å². The molecule has 1 fully saturated rings. The first-order valence-corrected chi connectivity index (χ1v) is 8.14. The molecule has 0 aliphatic carbocycles. The molecule has 20 heavy (non-hydrogen) atoms. The molecule has 0 aromatic carbocycles. The molecule has 3 heteroatoms. The topological polar surface area (TPSA) is 46.3 Å². The Morgan fingerprint density at radius 2 is 1.65 bits per heavy atom. The quantitative estimate of drug-likeness (QED) is 0.378. The number of piperidine rings is 1. The van der Waals surface area contributed by atoms with Crippen LogP contribution in [0.1, 0.15) is 57.8 Å². The molecular formula is C17H30N2O. The summed E-state index contributed by atoms with van der Waals surface area (Å²) >= 11 is 0. The summed E-state index contributed by atoms with van der Waals surface area (Å²) in [6.45, 7) is 3.95. The second-order valence-electron chi connectivity index (χ2n) is 5.65. The molecule has 1 rings (SSSR count). The molecule has 114 valence electrons. The first kappa shape index (κ1) is 17.0. The highest BCUT2D eigenvalue weighted by molar-refractivity contribution is 5.85. The highest BCUT2D eigenvalue weighted by atomic mass is 16.1. The Labute approximate surface area is 123 Å². The monoisotopic (exact) mass is 278 g/mol. The zero-order chi connectivity index (χ0) is 14.5. The average molecular weight is 278 g/mol. The maximum absolute atomic E-state index is 10.4. The van der Waals surface area contributed by atoms with Crippen LogP contribution >= 0.6 is 0 Å². The van der Waals surface area contributed by atoms with Crippen LogP contribution in [0.25, 0.3) is 0 Å². The van der Waals surface area contributed by atoms with E-state index in [-0.39, 0.29) is 5.91 Å². The number of likely N-dealkylation sites (tertiary alicyclic amines) is 1. The lowest BCUT2D eigenvalue weighted by molar-refractivity contribution is -0.113. The molecule has 2 N–H and O–H groups in total. The highest BCUT2D eigenvalue weighted by Crippen LogP contribution is 2.11. The normalized spacial score (nSPS) is 17.2. The molecule has 0 atom stereocenters. The van der Waals surface area contributed by atoms with Crippen LogP contribution in [0, 0.1) is 0 Å². The standard InChI is InChI=1S/C17H30N2O/c18-17(20)13-9-6-4-2-1-3-5-7-10-14-19-15-11-8-12-16-19/h4,6,9,13H,1-3,5,7-8,10-12,14-16H2,(H2,18,20). The van der Waals surface area contributed by atoms with E-state index < -0.39 is 0 Å². The number of primary amides is 1. The molecule has 1 aliphatic rings. The maximum atomic E-state index is 10.4. The molecule has 1 amide bonds. The van der Waals surface area contributed by atoms with Crippen molar-refractivity contribution in [1.82, 2.24) is 4.90 Å². The van der Waals surface area contributed by atoms with Crippen molar-refractivity contribution in [2.75, 3.05) is 19.6 Å². The molecule has 1 aliphatic heterocycles. The van der Waals surface area contributed by atoms with E-state index in [9.17, 15) is 4.79 Å². The maximum Gasteiger partial charge on any atom is 0.241 e. The molecule has 0 unspecified atom stereocenters. The minimum absolute atomic E-state index is 0.386. The van der Waals surface area contributed by atoms with Crippen molar-refractivity contribution in [2.24, 2.45) is 5.73 Å². The fourth-order valence-corrected chi connectivity index (χ4v) is 2.64. The van der Waals surface area contributed by atoms with Crippen LogP contribution in [0.4, 0.5) is 0 Å². The van der Waals surface area contributed by atoms with E-state index in [1.165, 1.54) is 77.1 Å². The Bertz CT molecular complexity index is 304. The molecule has 0 bridgehead atoms. The second-order valence-corrected chi connectivity index (χ2v) is 5.65. The number of hydrogen-bond donors (Lipinski definition) is 1. The number of hydrogen-bond acceptors (Lipinski definition) is 2. The number of rotatable bonds is 10. The van der Waals surface area contributed by atoms with E-state index in [0.29, 0.717) is 0 Å². The van der Waals surface area contributed by atoms with Crippen LogP contribution in [0.3, 0.4) is 0 Å². The Balaban J connectivity index is 1.83. The molecule has 1 saturated heterocycles. The summed E-state index contributed by atoms with van der Waals surface area (Å²) < 4.78 is 0. The third-order valence-electron chi connectivity index (χ3n) is 3.80. The zero-order valence-corrected chi connectivity index (χ0v) is 12.7. The first-order chi connectivity index (χ1) is 9.79. The van der Waals surface area contributed by atoms with Gasteiger partial charge in [0, 0.05) is 6.08 Å². The van der Waals surface area contributed by atoms with Gasteiger partial charge in [-0.1, -0.05) is 43.9 Å². The molecule has 0 spiro atoms. The van der Waals surface area contributed by atoms with Crippen molar-refractivity contribution in [3.05, 3.63) is 24.3 Å². The first-order valence-electron chi connectivity index (χ1n) is 8.14. The van der Waals surface area contributed by atoms with E-state index in [0.717, 1.165) is 6.42 Å². The van der Waals surface area contributed by atoms with E-state index in [1.54, 1.807) is 6.08 Å². The number of nitrogens with zero attached hydrogens (tertiary/aromatic N) is 1. The lowest BCUT2D eigenvalue weighted by atomic mass is 10.1. The largest absolute Gasteiger partial charge is 0.366 e. The Kier molecular flexibility index (Phi) is 9.93. The van der Waals surface area contributed by atoms with Gasteiger partial charge in [0.15, 0.2) is 0 Å². The summed E-state index contributed by atoms with van der Waals surface area (Å²) in [6.07, 6.45) is 19.0. The number of amides is 1. The van der Waals surface area contributed by atoms with Crippen molar-refractivity contribution >= 4 is 5.91 Å². The Morgan fingerprint density at radius 3 is 2.40 bits per heavy atom. The average Bonchev–Trinajstić information content (AvgIpc) is 2.45. The summed E-state index contributed by atoms with van der Waals surface area (Å²) in [5.74, 6) is -0.386. The van der Waals surface area contributed by atoms with Gasteiger partial charge in [-0.05, 0) is 51.7 Å². The van der Waals surface area contributed by atoms with Crippen LogP contribution in [0.15, 0.2) is 24.3 Å². The molecule has 1 heterocycles. The minimum atomic E-state index is -0.386. The number of unbranched alkanes of at least 4 members (excludes halogenated alkanes) is 5. The SMILES string of the molecule is NC(=O)C=CC=CCCCCCCCN1CCCCC1. The van der Waals surface area contributed by atoms with Gasteiger partial charge >= 0.3 is 0 Å². The predicted octanol–water partition coefficient (Wildman–Crippen LogP) is 3.41. The summed E-state index contributed by atoms with van der Waals surface area (Å²) in [5, 5.41) is 0. The van der Waals surface area contributed by atoms with Crippen LogP contribution in [-0.2, 0) is 4.79 Å². The molecule has 0 aromatic heterocycles. The van der Waals surface area contributed by atoms with Gasteiger partial charge in [0.2, 0.25) is 5.91 Å². The molecule has 0 saturated carbocycles. The highest BCUT2D eigenvalue weighted by Gasteiger charge is 2.08. The van der Waals surface area contributed by atoms with Gasteiger partial charge in [0.1, 0.15) is 0 Å². The molecule has 0 radical (unpaired) electrons. The van der Waals surface area contributed by atoms with Crippen LogP contribution in [0.5, 0.6) is 0 Å². The Hall–Kier alpha value is -1.09. The lowest BCUT2D eigenvalue weighted by Gasteiger charge is -2.26. The fraction of sp³-hybridized carbons (Fsp3) is 0.706. The van der Waals surface area contributed by atoms with Gasteiger partial charge < -0.3 is 10.6 Å². The minimum Gasteiger partial charge on any atom is -0.366 e. The summed E-state index contributed by atoms with van der Waals surface area (Å²) in [6, 6.07) is 0. The summed E-state index contributed by atoms with van der Waals surface area (Å²) in [7, 11) is 0. The van der Waals surface area contributed by atoms with Gasteiger partial charge in [-0.15, -0.1) is 0 Å². The van der Waals surface area contributed by atoms with E-state index in [4.69, 9.17) is 5.73 Å². The van der Waals surface area contributed by atoms with Gasteiger partial charge in [-0.3, -0.25) is 4.79 Å².